The van der Waals surface area contributed by atoms with Crippen LogP contribution in [0.5, 0.6) is 0 Å². The van der Waals surface area contributed by atoms with Crippen LogP contribution in [-0.2, 0) is 4.79 Å². The van der Waals surface area contributed by atoms with Gasteiger partial charge in [-0.05, 0) is 6.42 Å². The molecule has 0 aliphatic heterocycles. The molecule has 0 aliphatic rings. The number of carbonyl (C=O) groups excluding carboxylic acids is 2. The number of nitriles is 1. The van der Waals surface area contributed by atoms with E-state index in [1.54, 1.807) is 18.3 Å². The average molecular weight is 241 g/mol. The van der Waals surface area contributed by atoms with E-state index in [0.717, 1.165) is 0 Å². The molecule has 6 N–H and O–H groups in total. The summed E-state index contributed by atoms with van der Waals surface area (Å²) in [5.41, 5.74) is 10.1. The number of hydrogen-bond donors (Lipinski definition) is 5. The molecule has 0 fully saturated rings. The molecule has 0 heterocycles. The lowest BCUT2D eigenvalue weighted by molar-refractivity contribution is -0.116. The van der Waals surface area contributed by atoms with Crippen LogP contribution in [0.15, 0.2) is 11.3 Å². The molecular weight excluding hydrogens is 226 g/mol. The van der Waals surface area contributed by atoms with Gasteiger partial charge in [0.05, 0.1) is 6.61 Å². The van der Waals surface area contributed by atoms with Crippen molar-refractivity contribution in [2.45, 2.75) is 13.3 Å². The largest absolute Gasteiger partial charge is 0.395 e. The first-order chi connectivity index (χ1) is 8.06. The van der Waals surface area contributed by atoms with E-state index in [4.69, 9.17) is 16.1 Å². The van der Waals surface area contributed by atoms with Crippen molar-refractivity contribution in [2.24, 2.45) is 5.73 Å². The molecule has 0 spiro atoms. The van der Waals surface area contributed by atoms with Gasteiger partial charge in [-0.1, -0.05) is 6.92 Å². The number of nitrogens with zero attached hydrogens (tertiary/aromatic N) is 1. The lowest BCUT2D eigenvalue weighted by Crippen LogP contribution is -2.39. The number of urea groups is 1. The standard InChI is InChI=1S/C9H15N5O3/c1-2-7(14-12-3-4-15)6(5-10)8(16)13-9(11)17/h12,14-15H,2-4H2,1H3,(H3,11,13,16,17)/b7-6+. The van der Waals surface area contributed by atoms with Gasteiger partial charge >= 0.3 is 6.03 Å². The zero-order chi connectivity index (χ0) is 13.3. The number of aliphatic hydroxyl groups is 1. The number of nitrogens with one attached hydrogen (secondary N) is 3. The van der Waals surface area contributed by atoms with Gasteiger partial charge in [0.2, 0.25) is 0 Å². The van der Waals surface area contributed by atoms with Crippen LogP contribution in [0.4, 0.5) is 4.79 Å². The number of nitrogens with two attached hydrogens (primary N) is 1. The summed E-state index contributed by atoms with van der Waals surface area (Å²) >= 11 is 0. The Morgan fingerprint density at radius 3 is 2.53 bits per heavy atom. The second-order valence-electron chi connectivity index (χ2n) is 2.91. The van der Waals surface area contributed by atoms with Gasteiger partial charge in [0.1, 0.15) is 11.6 Å². The quantitative estimate of drug-likeness (QED) is 0.165. The summed E-state index contributed by atoms with van der Waals surface area (Å²) in [6.45, 7) is 1.87. The van der Waals surface area contributed by atoms with Gasteiger partial charge in [-0.25, -0.2) is 10.2 Å². The molecule has 3 amide bonds. The Labute approximate surface area is 98.4 Å². The highest BCUT2D eigenvalue weighted by Crippen LogP contribution is 2.04. The van der Waals surface area contributed by atoms with Crippen LogP contribution in [0.25, 0.3) is 0 Å². The molecule has 8 heteroatoms. The topological polar surface area (TPSA) is 140 Å². The van der Waals surface area contributed by atoms with Crippen molar-refractivity contribution in [3.63, 3.8) is 0 Å². The summed E-state index contributed by atoms with van der Waals surface area (Å²) in [7, 11) is 0. The minimum absolute atomic E-state index is 0.0979. The first-order valence-electron chi connectivity index (χ1n) is 4.90. The Hall–Kier alpha value is -2.11. The molecule has 8 nitrogen and oxygen atoms in total. The molecular formula is C9H15N5O3. The second kappa shape index (κ2) is 8.09. The summed E-state index contributed by atoms with van der Waals surface area (Å²) in [5, 5.41) is 19.2. The number of allylic oxidation sites excluding steroid dienone is 1. The zero-order valence-corrected chi connectivity index (χ0v) is 9.41. The van der Waals surface area contributed by atoms with Crippen LogP contribution in [0.1, 0.15) is 13.3 Å². The summed E-state index contributed by atoms with van der Waals surface area (Å²) in [6.07, 6.45) is 0.369. The van der Waals surface area contributed by atoms with Crippen LogP contribution < -0.4 is 21.9 Å². The van der Waals surface area contributed by atoms with Crippen LogP contribution >= 0.6 is 0 Å². The number of primary amides is 1. The maximum absolute atomic E-state index is 11.4. The molecule has 0 aromatic rings. The maximum atomic E-state index is 11.4. The van der Waals surface area contributed by atoms with E-state index >= 15 is 0 Å². The summed E-state index contributed by atoms with van der Waals surface area (Å²) in [6, 6.07) is 0.654. The van der Waals surface area contributed by atoms with Gasteiger partial charge in [0.15, 0.2) is 0 Å². The van der Waals surface area contributed by atoms with E-state index in [9.17, 15) is 9.59 Å². The monoisotopic (exact) mass is 241 g/mol. The highest BCUT2D eigenvalue weighted by molar-refractivity contribution is 6.06. The summed E-state index contributed by atoms with van der Waals surface area (Å²) in [4.78, 5) is 21.9. The molecule has 0 saturated heterocycles. The number of amides is 3. The molecule has 0 rings (SSSR count). The molecule has 0 aromatic carbocycles. The fourth-order valence-electron chi connectivity index (χ4n) is 0.982. The van der Waals surface area contributed by atoms with E-state index in [2.05, 4.69) is 10.9 Å². The minimum Gasteiger partial charge on any atom is -0.395 e. The molecule has 0 bridgehead atoms. The van der Waals surface area contributed by atoms with E-state index in [0.29, 0.717) is 12.1 Å². The van der Waals surface area contributed by atoms with Crippen LogP contribution in [0, 0.1) is 11.3 Å². The lowest BCUT2D eigenvalue weighted by Gasteiger charge is -2.11. The van der Waals surface area contributed by atoms with Crippen molar-refractivity contribution in [1.82, 2.24) is 16.2 Å². The van der Waals surface area contributed by atoms with Gasteiger partial charge in [0.25, 0.3) is 5.91 Å². The van der Waals surface area contributed by atoms with Crippen LogP contribution in [-0.4, -0.2) is 30.2 Å². The van der Waals surface area contributed by atoms with Crippen molar-refractivity contribution in [3.8, 4) is 6.07 Å². The van der Waals surface area contributed by atoms with Gasteiger partial charge in [-0.15, -0.1) is 0 Å². The highest BCUT2D eigenvalue weighted by atomic mass is 16.3. The average Bonchev–Trinajstić information content (AvgIpc) is 2.27. The third-order valence-electron chi connectivity index (χ3n) is 1.71. The van der Waals surface area contributed by atoms with Crippen LogP contribution in [0.2, 0.25) is 0 Å². The zero-order valence-electron chi connectivity index (χ0n) is 9.41. The predicted molar refractivity (Wildman–Crippen MR) is 58.9 cm³/mol. The number of hydrogen-bond acceptors (Lipinski definition) is 6. The molecule has 0 aromatic heterocycles. The fraction of sp³-hybridized carbons (Fsp3) is 0.444. The first kappa shape index (κ1) is 14.9. The van der Waals surface area contributed by atoms with Crippen molar-refractivity contribution < 1.29 is 14.7 Å². The Morgan fingerprint density at radius 2 is 2.12 bits per heavy atom. The van der Waals surface area contributed by atoms with E-state index in [1.165, 1.54) is 0 Å². The number of imide groups is 1. The number of aliphatic hydroxyl groups excluding tert-OH is 1. The third-order valence-corrected chi connectivity index (χ3v) is 1.71. The number of carbonyl (C=O) groups is 2. The molecule has 0 saturated carbocycles. The fourth-order valence-corrected chi connectivity index (χ4v) is 0.982. The van der Waals surface area contributed by atoms with Gasteiger partial charge in [-0.3, -0.25) is 10.1 Å². The Bertz CT molecular complexity index is 358. The molecule has 0 radical (unpaired) electrons. The van der Waals surface area contributed by atoms with E-state index < -0.39 is 11.9 Å². The lowest BCUT2D eigenvalue weighted by atomic mass is 10.2. The smallest absolute Gasteiger partial charge is 0.319 e. The minimum atomic E-state index is -1.03. The van der Waals surface area contributed by atoms with Crippen molar-refractivity contribution in [2.75, 3.05) is 13.2 Å². The maximum Gasteiger partial charge on any atom is 0.319 e. The first-order valence-corrected chi connectivity index (χ1v) is 4.90. The Morgan fingerprint density at radius 1 is 1.47 bits per heavy atom. The van der Waals surface area contributed by atoms with Gasteiger partial charge in [-0.2, -0.15) is 5.26 Å². The van der Waals surface area contributed by atoms with E-state index in [-0.39, 0.29) is 18.7 Å². The molecule has 0 aliphatic carbocycles. The third kappa shape index (κ3) is 5.50. The van der Waals surface area contributed by atoms with Crippen molar-refractivity contribution >= 4 is 11.9 Å². The SMILES string of the molecule is CC/C(NNCCO)=C(/C#N)C(=O)NC(N)=O. The van der Waals surface area contributed by atoms with E-state index in [1.807, 2.05) is 0 Å². The molecule has 94 valence electrons. The van der Waals surface area contributed by atoms with Crippen molar-refractivity contribution in [1.29, 1.82) is 5.26 Å². The molecule has 17 heavy (non-hydrogen) atoms. The number of rotatable bonds is 6. The van der Waals surface area contributed by atoms with Gasteiger partial charge < -0.3 is 16.3 Å². The Balaban J connectivity index is 4.79. The summed E-state index contributed by atoms with van der Waals surface area (Å²) < 4.78 is 0. The predicted octanol–water partition coefficient (Wildman–Crippen LogP) is -1.54. The van der Waals surface area contributed by atoms with Gasteiger partial charge in [0, 0.05) is 12.2 Å². The van der Waals surface area contributed by atoms with Crippen LogP contribution in [0.3, 0.4) is 0 Å². The van der Waals surface area contributed by atoms with Crippen molar-refractivity contribution in [3.05, 3.63) is 11.3 Å². The highest BCUT2D eigenvalue weighted by Gasteiger charge is 2.15. The summed E-state index contributed by atoms with van der Waals surface area (Å²) in [5.74, 6) is -0.866. The molecule has 0 unspecified atom stereocenters. The normalized spacial score (nSPS) is 11.1. The molecule has 0 atom stereocenters. The number of hydrazine groups is 1. The second-order valence-corrected chi connectivity index (χ2v) is 2.91. The Kier molecular flexibility index (Phi) is 7.09.